The average molecular weight is 367 g/mol. The SMILES string of the molecule is CCNC(=NCc1cc(Br)cs1)NCCc1ccccn1. The zero-order chi connectivity index (χ0) is 14.9. The van der Waals surface area contributed by atoms with E-state index in [2.05, 4.69) is 54.9 Å². The molecule has 4 nitrogen and oxygen atoms in total. The minimum Gasteiger partial charge on any atom is -0.357 e. The summed E-state index contributed by atoms with van der Waals surface area (Å²) in [7, 11) is 0. The normalized spacial score (nSPS) is 11.4. The molecule has 21 heavy (non-hydrogen) atoms. The van der Waals surface area contributed by atoms with Gasteiger partial charge in [0.25, 0.3) is 0 Å². The van der Waals surface area contributed by atoms with Crippen LogP contribution >= 0.6 is 27.3 Å². The van der Waals surface area contributed by atoms with Gasteiger partial charge in [0.05, 0.1) is 6.54 Å². The van der Waals surface area contributed by atoms with Crippen molar-refractivity contribution in [3.05, 3.63) is 50.9 Å². The zero-order valence-electron chi connectivity index (χ0n) is 12.0. The Labute approximate surface area is 137 Å². The van der Waals surface area contributed by atoms with E-state index in [1.165, 1.54) is 4.88 Å². The fourth-order valence-corrected chi connectivity index (χ4v) is 3.16. The second kappa shape index (κ2) is 8.79. The van der Waals surface area contributed by atoms with Crippen molar-refractivity contribution < 1.29 is 0 Å². The molecule has 2 aromatic rings. The van der Waals surface area contributed by atoms with Gasteiger partial charge < -0.3 is 10.6 Å². The number of guanidine groups is 1. The molecule has 112 valence electrons. The first-order valence-electron chi connectivity index (χ1n) is 6.93. The summed E-state index contributed by atoms with van der Waals surface area (Å²) in [6.07, 6.45) is 2.71. The number of thiophene rings is 1. The van der Waals surface area contributed by atoms with Crippen LogP contribution in [0.3, 0.4) is 0 Å². The van der Waals surface area contributed by atoms with Gasteiger partial charge in [-0.25, -0.2) is 4.99 Å². The molecule has 0 atom stereocenters. The van der Waals surface area contributed by atoms with Gasteiger partial charge in [-0.15, -0.1) is 11.3 Å². The van der Waals surface area contributed by atoms with Crippen molar-refractivity contribution in [2.75, 3.05) is 13.1 Å². The molecule has 6 heteroatoms. The van der Waals surface area contributed by atoms with Crippen molar-refractivity contribution in [3.8, 4) is 0 Å². The summed E-state index contributed by atoms with van der Waals surface area (Å²) >= 11 is 5.17. The first kappa shape index (κ1) is 16.0. The van der Waals surface area contributed by atoms with Crippen molar-refractivity contribution in [1.82, 2.24) is 15.6 Å². The highest BCUT2D eigenvalue weighted by molar-refractivity contribution is 9.10. The number of aliphatic imine (C=N–C) groups is 1. The predicted octanol–water partition coefficient (Wildman–Crippen LogP) is 3.20. The van der Waals surface area contributed by atoms with Gasteiger partial charge >= 0.3 is 0 Å². The molecule has 0 aliphatic carbocycles. The van der Waals surface area contributed by atoms with Gasteiger partial charge in [-0.05, 0) is 41.1 Å². The second-order valence-corrected chi connectivity index (χ2v) is 6.34. The van der Waals surface area contributed by atoms with Crippen LogP contribution in [-0.2, 0) is 13.0 Å². The van der Waals surface area contributed by atoms with E-state index in [0.717, 1.165) is 35.6 Å². The Bertz CT molecular complexity index is 568. The number of nitrogens with one attached hydrogen (secondary N) is 2. The van der Waals surface area contributed by atoms with Gasteiger partial charge in [0, 0.05) is 46.1 Å². The maximum absolute atomic E-state index is 4.59. The predicted molar refractivity (Wildman–Crippen MR) is 92.8 cm³/mol. The fraction of sp³-hybridized carbons (Fsp3) is 0.333. The highest BCUT2D eigenvalue weighted by Gasteiger charge is 2.00. The lowest BCUT2D eigenvalue weighted by atomic mass is 10.3. The van der Waals surface area contributed by atoms with Crippen LogP contribution < -0.4 is 10.6 Å². The number of nitrogens with zero attached hydrogens (tertiary/aromatic N) is 2. The van der Waals surface area contributed by atoms with Crippen molar-refractivity contribution in [2.45, 2.75) is 19.9 Å². The van der Waals surface area contributed by atoms with Crippen molar-refractivity contribution in [2.24, 2.45) is 4.99 Å². The molecule has 0 bridgehead atoms. The van der Waals surface area contributed by atoms with Crippen LogP contribution in [-0.4, -0.2) is 24.0 Å². The molecule has 2 heterocycles. The molecule has 0 aliphatic heterocycles. The number of hydrogen-bond acceptors (Lipinski definition) is 3. The highest BCUT2D eigenvalue weighted by atomic mass is 79.9. The van der Waals surface area contributed by atoms with E-state index < -0.39 is 0 Å². The second-order valence-electron chi connectivity index (χ2n) is 4.42. The van der Waals surface area contributed by atoms with Crippen LogP contribution in [0.2, 0.25) is 0 Å². The summed E-state index contributed by atoms with van der Waals surface area (Å²) in [5.41, 5.74) is 1.09. The fourth-order valence-electron chi connectivity index (χ4n) is 1.79. The van der Waals surface area contributed by atoms with Gasteiger partial charge in [0.1, 0.15) is 0 Å². The van der Waals surface area contributed by atoms with Gasteiger partial charge in [0.15, 0.2) is 5.96 Å². The van der Waals surface area contributed by atoms with E-state index in [1.807, 2.05) is 24.4 Å². The Morgan fingerprint density at radius 3 is 2.95 bits per heavy atom. The molecule has 0 spiro atoms. The smallest absolute Gasteiger partial charge is 0.191 e. The lowest BCUT2D eigenvalue weighted by Gasteiger charge is -2.10. The molecular weight excluding hydrogens is 348 g/mol. The van der Waals surface area contributed by atoms with Crippen LogP contribution in [0, 0.1) is 0 Å². The number of aromatic nitrogens is 1. The molecular formula is C15H19BrN4S. The third-order valence-electron chi connectivity index (χ3n) is 2.76. The number of rotatable bonds is 6. The Balaban J connectivity index is 1.83. The Morgan fingerprint density at radius 1 is 1.38 bits per heavy atom. The summed E-state index contributed by atoms with van der Waals surface area (Å²) in [6.45, 7) is 4.42. The summed E-state index contributed by atoms with van der Waals surface area (Å²) in [4.78, 5) is 10.1. The van der Waals surface area contributed by atoms with Crippen molar-refractivity contribution in [3.63, 3.8) is 0 Å². The largest absolute Gasteiger partial charge is 0.357 e. The van der Waals surface area contributed by atoms with E-state index >= 15 is 0 Å². The summed E-state index contributed by atoms with van der Waals surface area (Å²) in [5.74, 6) is 0.845. The van der Waals surface area contributed by atoms with E-state index in [9.17, 15) is 0 Å². The minimum atomic E-state index is 0.690. The first-order chi connectivity index (χ1) is 10.3. The molecule has 2 N–H and O–H groups in total. The van der Waals surface area contributed by atoms with Crippen molar-refractivity contribution >= 4 is 33.2 Å². The lowest BCUT2D eigenvalue weighted by molar-refractivity contribution is 0.789. The van der Waals surface area contributed by atoms with Gasteiger partial charge in [0.2, 0.25) is 0 Å². The monoisotopic (exact) mass is 366 g/mol. The van der Waals surface area contributed by atoms with Crippen LogP contribution in [0.1, 0.15) is 17.5 Å². The molecule has 0 amide bonds. The van der Waals surface area contributed by atoms with E-state index in [4.69, 9.17) is 0 Å². The molecule has 0 saturated heterocycles. The zero-order valence-corrected chi connectivity index (χ0v) is 14.4. The Morgan fingerprint density at radius 2 is 2.29 bits per heavy atom. The number of hydrogen-bond donors (Lipinski definition) is 2. The van der Waals surface area contributed by atoms with Crippen molar-refractivity contribution in [1.29, 1.82) is 0 Å². The van der Waals surface area contributed by atoms with E-state index in [0.29, 0.717) is 6.54 Å². The van der Waals surface area contributed by atoms with Crippen LogP contribution in [0.25, 0.3) is 0 Å². The maximum Gasteiger partial charge on any atom is 0.191 e. The summed E-state index contributed by atoms with van der Waals surface area (Å²) in [5, 5.41) is 8.67. The van der Waals surface area contributed by atoms with E-state index in [1.54, 1.807) is 11.3 Å². The third-order valence-corrected chi connectivity index (χ3v) is 4.44. The average Bonchev–Trinajstić information content (AvgIpc) is 2.91. The van der Waals surface area contributed by atoms with Gasteiger partial charge in [-0.2, -0.15) is 0 Å². The molecule has 2 aromatic heterocycles. The Kier molecular flexibility index (Phi) is 6.69. The summed E-state index contributed by atoms with van der Waals surface area (Å²) < 4.78 is 1.12. The number of halogens is 1. The summed E-state index contributed by atoms with van der Waals surface area (Å²) in [6, 6.07) is 8.08. The highest BCUT2D eigenvalue weighted by Crippen LogP contribution is 2.20. The minimum absolute atomic E-state index is 0.690. The van der Waals surface area contributed by atoms with Crippen LogP contribution in [0.15, 0.2) is 45.3 Å². The Hall–Kier alpha value is -1.40. The standard InChI is InChI=1S/C15H19BrN4S/c1-2-17-15(20-10-14-9-12(16)11-21-14)19-8-6-13-5-3-4-7-18-13/h3-5,7,9,11H,2,6,8,10H2,1H3,(H2,17,19,20). The maximum atomic E-state index is 4.59. The molecule has 0 aliphatic rings. The van der Waals surface area contributed by atoms with Crippen LogP contribution in [0.4, 0.5) is 0 Å². The number of pyridine rings is 1. The van der Waals surface area contributed by atoms with Gasteiger partial charge in [-0.3, -0.25) is 4.98 Å². The molecule has 2 rings (SSSR count). The molecule has 0 radical (unpaired) electrons. The van der Waals surface area contributed by atoms with Gasteiger partial charge in [-0.1, -0.05) is 6.07 Å². The first-order valence-corrected chi connectivity index (χ1v) is 8.60. The molecule has 0 saturated carbocycles. The van der Waals surface area contributed by atoms with E-state index in [-0.39, 0.29) is 0 Å². The third kappa shape index (κ3) is 5.85. The van der Waals surface area contributed by atoms with Crippen LogP contribution in [0.5, 0.6) is 0 Å². The molecule has 0 aromatic carbocycles. The molecule has 0 fully saturated rings. The lowest BCUT2D eigenvalue weighted by Crippen LogP contribution is -2.38. The quantitative estimate of drug-likeness (QED) is 0.609. The molecule has 0 unspecified atom stereocenters. The topological polar surface area (TPSA) is 49.3 Å².